The molecule has 2 unspecified atom stereocenters. The molecule has 218 valence electrons. The highest BCUT2D eigenvalue weighted by Gasteiger charge is 2.37. The zero-order valence-corrected chi connectivity index (χ0v) is 23.1. The van der Waals surface area contributed by atoms with Crippen molar-refractivity contribution >= 4 is 35.8 Å². The van der Waals surface area contributed by atoms with Crippen LogP contribution in [0.2, 0.25) is 0 Å². The Morgan fingerprint density at radius 2 is 1.61 bits per heavy atom. The maximum Gasteiger partial charge on any atom is 0.407 e. The molecular formula is C24H44N6O8. The molecule has 1 aliphatic rings. The Morgan fingerprint density at radius 3 is 2.16 bits per heavy atom. The molecule has 0 saturated carbocycles. The van der Waals surface area contributed by atoms with Crippen LogP contribution >= 0.6 is 0 Å². The Kier molecular flexibility index (Phi) is 18.8. The Labute approximate surface area is 224 Å². The van der Waals surface area contributed by atoms with Crippen LogP contribution in [0.4, 0.5) is 9.59 Å². The van der Waals surface area contributed by atoms with E-state index in [2.05, 4.69) is 26.6 Å². The Morgan fingerprint density at radius 1 is 0.947 bits per heavy atom. The summed E-state index contributed by atoms with van der Waals surface area (Å²) in [5.74, 6) is -0.864. The Balaban J connectivity index is 0.000000784. The van der Waals surface area contributed by atoms with Gasteiger partial charge in [0.15, 0.2) is 0 Å². The summed E-state index contributed by atoms with van der Waals surface area (Å²) >= 11 is 0. The number of likely N-dealkylation sites (tertiary alicyclic amines) is 1. The van der Waals surface area contributed by atoms with E-state index in [9.17, 15) is 28.8 Å². The van der Waals surface area contributed by atoms with Gasteiger partial charge in [0.1, 0.15) is 6.04 Å². The van der Waals surface area contributed by atoms with Gasteiger partial charge in [-0.05, 0) is 46.6 Å². The monoisotopic (exact) mass is 544 g/mol. The summed E-state index contributed by atoms with van der Waals surface area (Å²) in [5.41, 5.74) is 0. The average Bonchev–Trinajstić information content (AvgIpc) is 3.17. The molecule has 0 radical (unpaired) electrons. The van der Waals surface area contributed by atoms with Gasteiger partial charge in [-0.1, -0.05) is 6.92 Å². The number of carbonyl (C=O) groups is 6. The van der Waals surface area contributed by atoms with E-state index in [1.807, 2.05) is 6.92 Å². The van der Waals surface area contributed by atoms with E-state index in [0.717, 1.165) is 11.3 Å². The predicted molar refractivity (Wildman–Crippen MR) is 139 cm³/mol. The van der Waals surface area contributed by atoms with Gasteiger partial charge in [0, 0.05) is 33.1 Å². The second-order valence-corrected chi connectivity index (χ2v) is 8.20. The summed E-state index contributed by atoms with van der Waals surface area (Å²) in [4.78, 5) is 69.7. The minimum atomic E-state index is -0.636. The van der Waals surface area contributed by atoms with Crippen LogP contribution in [0.5, 0.6) is 0 Å². The van der Waals surface area contributed by atoms with Crippen LogP contribution in [0.3, 0.4) is 0 Å². The van der Waals surface area contributed by atoms with Crippen LogP contribution in [-0.4, -0.2) is 99.7 Å². The summed E-state index contributed by atoms with van der Waals surface area (Å²) in [7, 11) is 3.16. The van der Waals surface area contributed by atoms with E-state index in [-0.39, 0.29) is 49.6 Å². The molecular weight excluding hydrogens is 500 g/mol. The first-order valence-electron chi connectivity index (χ1n) is 13.0. The first-order valence-corrected chi connectivity index (χ1v) is 13.0. The van der Waals surface area contributed by atoms with Crippen LogP contribution in [0.15, 0.2) is 0 Å². The van der Waals surface area contributed by atoms with Crippen molar-refractivity contribution < 1.29 is 38.2 Å². The van der Waals surface area contributed by atoms with Gasteiger partial charge in [-0.3, -0.25) is 24.1 Å². The van der Waals surface area contributed by atoms with Crippen molar-refractivity contribution in [3.8, 4) is 0 Å². The molecule has 1 rings (SSSR count). The molecule has 1 fully saturated rings. The largest absolute Gasteiger partial charge is 0.450 e. The lowest BCUT2D eigenvalue weighted by molar-refractivity contribution is -0.139. The maximum atomic E-state index is 12.0. The van der Waals surface area contributed by atoms with Gasteiger partial charge < -0.3 is 36.1 Å². The van der Waals surface area contributed by atoms with Gasteiger partial charge in [0.25, 0.3) is 0 Å². The molecule has 38 heavy (non-hydrogen) atoms. The number of likely N-dealkylation sites (N-methyl/N-ethyl adjacent to an activating group) is 1. The van der Waals surface area contributed by atoms with E-state index in [0.29, 0.717) is 39.0 Å². The van der Waals surface area contributed by atoms with Crippen LogP contribution < -0.4 is 26.6 Å². The molecule has 0 aromatic carbocycles. The smallest absolute Gasteiger partial charge is 0.407 e. The second kappa shape index (κ2) is 20.6. The zero-order chi connectivity index (χ0) is 28.9. The van der Waals surface area contributed by atoms with Gasteiger partial charge in [-0.25, -0.2) is 9.59 Å². The molecule has 14 heteroatoms. The van der Waals surface area contributed by atoms with Crippen LogP contribution in [0, 0.1) is 0 Å². The third-order valence-electron chi connectivity index (χ3n) is 5.33. The molecule has 1 heterocycles. The number of rotatable bonds is 15. The lowest BCUT2D eigenvalue weighted by atomic mass is 10.1. The van der Waals surface area contributed by atoms with E-state index in [1.54, 1.807) is 20.9 Å². The fraction of sp³-hybridized carbons (Fsp3) is 0.750. The third-order valence-corrected chi connectivity index (χ3v) is 5.33. The van der Waals surface area contributed by atoms with Crippen molar-refractivity contribution in [3.63, 3.8) is 0 Å². The molecule has 2 atom stereocenters. The van der Waals surface area contributed by atoms with Crippen molar-refractivity contribution in [1.82, 2.24) is 31.5 Å². The number of imide groups is 1. The number of nitrogens with zero attached hydrogens (tertiary/aromatic N) is 1. The minimum absolute atomic E-state index is 0.157. The molecule has 1 aliphatic heterocycles. The molecule has 0 aromatic rings. The maximum absolute atomic E-state index is 12.0. The lowest BCUT2D eigenvalue weighted by Crippen LogP contribution is -2.47. The average molecular weight is 545 g/mol. The minimum Gasteiger partial charge on any atom is -0.450 e. The fourth-order valence-corrected chi connectivity index (χ4v) is 3.28. The highest BCUT2D eigenvalue weighted by atomic mass is 16.6. The second-order valence-electron chi connectivity index (χ2n) is 8.20. The summed E-state index contributed by atoms with van der Waals surface area (Å²) < 4.78 is 9.55. The SMILES string of the molecule is CCCNC(=O)C(CCCCNC(=O)OCC)NC(=O)OCC.CNC(=O)CCN1C(=O)CC(NC)C1=O. The van der Waals surface area contributed by atoms with Crippen molar-refractivity contribution in [3.05, 3.63) is 0 Å². The number of hydrogen-bond donors (Lipinski definition) is 5. The van der Waals surface area contributed by atoms with Crippen molar-refractivity contribution in [2.75, 3.05) is 46.9 Å². The molecule has 1 saturated heterocycles. The number of carbonyl (C=O) groups excluding carboxylic acids is 6. The van der Waals surface area contributed by atoms with Gasteiger partial charge in [-0.15, -0.1) is 0 Å². The van der Waals surface area contributed by atoms with Gasteiger partial charge in [0.05, 0.1) is 25.7 Å². The third kappa shape index (κ3) is 14.4. The molecule has 0 aliphatic carbocycles. The quantitative estimate of drug-likeness (QED) is 0.140. The van der Waals surface area contributed by atoms with Crippen LogP contribution in [-0.2, 0) is 28.7 Å². The first kappa shape index (κ1) is 34.6. The van der Waals surface area contributed by atoms with Crippen molar-refractivity contribution in [1.29, 1.82) is 0 Å². The predicted octanol–water partition coefficient (Wildman–Crippen LogP) is 0.0131. The van der Waals surface area contributed by atoms with Crippen molar-refractivity contribution in [2.24, 2.45) is 0 Å². The van der Waals surface area contributed by atoms with Gasteiger partial charge >= 0.3 is 12.2 Å². The zero-order valence-electron chi connectivity index (χ0n) is 23.1. The summed E-state index contributed by atoms with van der Waals surface area (Å²) in [5, 5.41) is 13.1. The van der Waals surface area contributed by atoms with Gasteiger partial charge in [0.2, 0.25) is 23.6 Å². The summed E-state index contributed by atoms with van der Waals surface area (Å²) in [6.45, 7) is 7.15. The van der Waals surface area contributed by atoms with E-state index < -0.39 is 24.3 Å². The highest BCUT2D eigenvalue weighted by molar-refractivity contribution is 6.05. The molecule has 0 bridgehead atoms. The standard InChI is InChI=1S/C15H29N3O5.C9H15N3O3/c1-4-10-16-13(19)12(18-15(21)23-6-3)9-7-8-11-17-14(20)22-5-2;1-10-6-5-8(14)12(9(6)15)4-3-7(13)11-2/h12H,4-11H2,1-3H3,(H,16,19)(H,17,20)(H,18,21);6,10H,3-5H2,1-2H3,(H,11,13). The summed E-state index contributed by atoms with van der Waals surface area (Å²) in [6.07, 6.45) is 1.93. The number of unbranched alkanes of at least 4 members (excludes halogenated alkanes) is 1. The van der Waals surface area contributed by atoms with Crippen LogP contribution in [0.25, 0.3) is 0 Å². The Hall–Kier alpha value is -3.42. The number of ether oxygens (including phenoxy) is 2. The number of alkyl carbamates (subject to hydrolysis) is 2. The number of amides is 6. The number of nitrogens with one attached hydrogen (secondary N) is 5. The first-order chi connectivity index (χ1) is 18.1. The molecule has 6 amide bonds. The van der Waals surface area contributed by atoms with Gasteiger partial charge in [-0.2, -0.15) is 0 Å². The van der Waals surface area contributed by atoms with E-state index >= 15 is 0 Å². The van der Waals surface area contributed by atoms with Crippen molar-refractivity contribution in [2.45, 2.75) is 71.4 Å². The normalized spacial score (nSPS) is 15.1. The molecule has 5 N–H and O–H groups in total. The highest BCUT2D eigenvalue weighted by Crippen LogP contribution is 2.12. The Bertz CT molecular complexity index is 779. The lowest BCUT2D eigenvalue weighted by Gasteiger charge is -2.18. The fourth-order valence-electron chi connectivity index (χ4n) is 3.28. The number of hydrogen-bond acceptors (Lipinski definition) is 9. The summed E-state index contributed by atoms with van der Waals surface area (Å²) in [6, 6.07) is -1.06. The topological polar surface area (TPSA) is 184 Å². The van der Waals surface area contributed by atoms with E-state index in [4.69, 9.17) is 9.47 Å². The molecule has 0 spiro atoms. The van der Waals surface area contributed by atoms with Crippen LogP contribution in [0.1, 0.15) is 59.3 Å². The van der Waals surface area contributed by atoms with E-state index in [1.165, 1.54) is 7.05 Å². The molecule has 14 nitrogen and oxygen atoms in total. The molecule has 0 aromatic heterocycles.